The van der Waals surface area contributed by atoms with Crippen molar-refractivity contribution in [2.24, 2.45) is 0 Å². The summed E-state index contributed by atoms with van der Waals surface area (Å²) in [5, 5.41) is 22.8. The molecule has 6 heteroatoms. The second-order valence-electron chi connectivity index (χ2n) is 3.55. The second kappa shape index (κ2) is 5.43. The first-order valence-electron chi connectivity index (χ1n) is 5.19. The van der Waals surface area contributed by atoms with Gasteiger partial charge in [-0.1, -0.05) is 0 Å². The number of aliphatic hydroxyl groups is 1. The Hall–Kier alpha value is -1.66. The summed E-state index contributed by atoms with van der Waals surface area (Å²) < 4.78 is 1.73. The van der Waals surface area contributed by atoms with E-state index in [4.69, 9.17) is 5.11 Å². The van der Waals surface area contributed by atoms with Gasteiger partial charge in [-0.2, -0.15) is 10.2 Å². The van der Waals surface area contributed by atoms with Crippen LogP contribution in [0.25, 0.3) is 0 Å². The van der Waals surface area contributed by atoms with Gasteiger partial charge in [-0.25, -0.2) is 0 Å². The zero-order valence-corrected chi connectivity index (χ0v) is 8.93. The molecule has 16 heavy (non-hydrogen) atoms. The van der Waals surface area contributed by atoms with Crippen molar-refractivity contribution in [1.82, 2.24) is 25.3 Å². The van der Waals surface area contributed by atoms with Crippen molar-refractivity contribution in [3.8, 4) is 0 Å². The number of aromatic amines is 1. The van der Waals surface area contributed by atoms with Crippen molar-refractivity contribution in [3.05, 3.63) is 35.9 Å². The van der Waals surface area contributed by atoms with Crippen molar-refractivity contribution in [2.75, 3.05) is 6.61 Å². The summed E-state index contributed by atoms with van der Waals surface area (Å²) in [6.45, 7) is 2.20. The molecule has 0 aliphatic carbocycles. The zero-order valence-electron chi connectivity index (χ0n) is 8.93. The fourth-order valence-corrected chi connectivity index (χ4v) is 1.45. The van der Waals surface area contributed by atoms with Gasteiger partial charge in [0, 0.05) is 36.6 Å². The maximum Gasteiger partial charge on any atom is 0.0640 e. The number of hydrogen-bond donors (Lipinski definition) is 3. The van der Waals surface area contributed by atoms with Crippen LogP contribution < -0.4 is 5.32 Å². The highest BCUT2D eigenvalue weighted by Gasteiger charge is 1.98. The quantitative estimate of drug-likeness (QED) is 0.636. The lowest BCUT2D eigenvalue weighted by Gasteiger charge is -1.99. The number of nitrogens with zero attached hydrogens (tertiary/aromatic N) is 3. The van der Waals surface area contributed by atoms with E-state index in [-0.39, 0.29) is 6.61 Å². The lowest BCUT2D eigenvalue weighted by Crippen LogP contribution is -2.11. The largest absolute Gasteiger partial charge is 0.394 e. The first kappa shape index (κ1) is 10.8. The van der Waals surface area contributed by atoms with E-state index in [2.05, 4.69) is 20.6 Å². The average molecular weight is 221 g/mol. The molecule has 2 aromatic rings. The first-order chi connectivity index (χ1) is 7.88. The standard InChI is InChI=1S/C10H15N5O/c16-2-1-15-8-10(7-14-15)4-11-3-9-5-12-13-6-9/h5-8,11,16H,1-4H2,(H,12,13). The molecule has 0 spiro atoms. The molecule has 0 fully saturated rings. The van der Waals surface area contributed by atoms with Gasteiger partial charge in [0.05, 0.1) is 25.5 Å². The van der Waals surface area contributed by atoms with Crippen molar-refractivity contribution >= 4 is 0 Å². The molecule has 6 nitrogen and oxygen atoms in total. The van der Waals surface area contributed by atoms with E-state index in [1.807, 2.05) is 12.4 Å². The van der Waals surface area contributed by atoms with Crippen molar-refractivity contribution in [2.45, 2.75) is 19.6 Å². The monoisotopic (exact) mass is 221 g/mol. The molecule has 3 N–H and O–H groups in total. The van der Waals surface area contributed by atoms with Crippen LogP contribution in [0.5, 0.6) is 0 Å². The molecule has 0 saturated carbocycles. The summed E-state index contributed by atoms with van der Waals surface area (Å²) in [6.07, 6.45) is 7.39. The van der Waals surface area contributed by atoms with Gasteiger partial charge in [-0.3, -0.25) is 9.78 Å². The molecule has 0 saturated heterocycles. The second-order valence-corrected chi connectivity index (χ2v) is 3.55. The maximum atomic E-state index is 8.74. The van der Waals surface area contributed by atoms with Gasteiger partial charge in [0.15, 0.2) is 0 Å². The Labute approximate surface area is 93.3 Å². The van der Waals surface area contributed by atoms with Gasteiger partial charge in [-0.15, -0.1) is 0 Å². The minimum atomic E-state index is 0.115. The molecular formula is C10H15N5O. The summed E-state index contributed by atoms with van der Waals surface area (Å²) in [5.41, 5.74) is 2.24. The lowest BCUT2D eigenvalue weighted by molar-refractivity contribution is 0.269. The molecule has 86 valence electrons. The lowest BCUT2D eigenvalue weighted by atomic mass is 10.3. The number of nitrogens with one attached hydrogen (secondary N) is 2. The Morgan fingerprint density at radius 3 is 2.94 bits per heavy atom. The molecule has 0 aliphatic rings. The van der Waals surface area contributed by atoms with E-state index < -0.39 is 0 Å². The molecule has 2 heterocycles. The van der Waals surface area contributed by atoms with Crippen LogP contribution in [0.3, 0.4) is 0 Å². The smallest absolute Gasteiger partial charge is 0.0640 e. The third-order valence-corrected chi connectivity index (χ3v) is 2.23. The Balaban J connectivity index is 1.76. The van der Waals surface area contributed by atoms with Crippen LogP contribution in [0.4, 0.5) is 0 Å². The zero-order chi connectivity index (χ0) is 11.2. The molecule has 0 atom stereocenters. The van der Waals surface area contributed by atoms with Gasteiger partial charge in [0.2, 0.25) is 0 Å². The molecule has 0 unspecified atom stereocenters. The Kier molecular flexibility index (Phi) is 3.68. The summed E-state index contributed by atoms with van der Waals surface area (Å²) in [5.74, 6) is 0. The SMILES string of the molecule is OCCn1cc(CNCc2cn[nH]c2)cn1. The summed E-state index contributed by atoms with van der Waals surface area (Å²) in [7, 11) is 0. The van der Waals surface area contributed by atoms with E-state index in [0.29, 0.717) is 6.54 Å². The predicted octanol–water partition coefficient (Wildman–Crippen LogP) is -0.112. The predicted molar refractivity (Wildman–Crippen MR) is 58.4 cm³/mol. The van der Waals surface area contributed by atoms with Crippen LogP contribution >= 0.6 is 0 Å². The normalized spacial score (nSPS) is 10.8. The van der Waals surface area contributed by atoms with Crippen LogP contribution in [-0.2, 0) is 19.6 Å². The van der Waals surface area contributed by atoms with Gasteiger partial charge in [0.25, 0.3) is 0 Å². The fraction of sp³-hybridized carbons (Fsp3) is 0.400. The van der Waals surface area contributed by atoms with E-state index >= 15 is 0 Å². The molecular weight excluding hydrogens is 206 g/mol. The maximum absolute atomic E-state index is 8.74. The van der Waals surface area contributed by atoms with Gasteiger partial charge < -0.3 is 10.4 Å². The summed E-state index contributed by atoms with van der Waals surface area (Å²) >= 11 is 0. The molecule has 2 aromatic heterocycles. The molecule has 0 aromatic carbocycles. The van der Waals surface area contributed by atoms with E-state index in [1.54, 1.807) is 17.1 Å². The van der Waals surface area contributed by atoms with Crippen molar-refractivity contribution in [1.29, 1.82) is 0 Å². The first-order valence-corrected chi connectivity index (χ1v) is 5.19. The van der Waals surface area contributed by atoms with Crippen molar-refractivity contribution < 1.29 is 5.11 Å². The summed E-state index contributed by atoms with van der Waals surface area (Å²) in [4.78, 5) is 0. The third-order valence-electron chi connectivity index (χ3n) is 2.23. The Morgan fingerprint density at radius 2 is 2.19 bits per heavy atom. The minimum Gasteiger partial charge on any atom is -0.394 e. The van der Waals surface area contributed by atoms with E-state index in [1.165, 1.54) is 0 Å². The number of H-pyrrole nitrogens is 1. The number of rotatable bonds is 6. The number of hydrogen-bond acceptors (Lipinski definition) is 4. The molecule has 0 bridgehead atoms. The van der Waals surface area contributed by atoms with Gasteiger partial charge in [0.1, 0.15) is 0 Å². The minimum absolute atomic E-state index is 0.115. The highest BCUT2D eigenvalue weighted by Crippen LogP contribution is 1.98. The number of aliphatic hydroxyl groups excluding tert-OH is 1. The highest BCUT2D eigenvalue weighted by atomic mass is 16.3. The fourth-order valence-electron chi connectivity index (χ4n) is 1.45. The van der Waals surface area contributed by atoms with Gasteiger partial charge in [-0.05, 0) is 0 Å². The van der Waals surface area contributed by atoms with Gasteiger partial charge >= 0.3 is 0 Å². The van der Waals surface area contributed by atoms with E-state index in [0.717, 1.165) is 24.2 Å². The third kappa shape index (κ3) is 2.91. The Bertz CT molecular complexity index is 409. The van der Waals surface area contributed by atoms with Crippen LogP contribution in [0.1, 0.15) is 11.1 Å². The van der Waals surface area contributed by atoms with Crippen LogP contribution in [-0.4, -0.2) is 31.7 Å². The van der Waals surface area contributed by atoms with Crippen LogP contribution in [0, 0.1) is 0 Å². The number of aromatic nitrogens is 4. The topological polar surface area (TPSA) is 78.8 Å². The van der Waals surface area contributed by atoms with Crippen LogP contribution in [0.15, 0.2) is 24.8 Å². The van der Waals surface area contributed by atoms with Crippen LogP contribution in [0.2, 0.25) is 0 Å². The molecule has 0 aliphatic heterocycles. The average Bonchev–Trinajstić information content (AvgIpc) is 2.90. The highest BCUT2D eigenvalue weighted by molar-refractivity contribution is 5.05. The van der Waals surface area contributed by atoms with Crippen molar-refractivity contribution in [3.63, 3.8) is 0 Å². The Morgan fingerprint density at radius 1 is 1.31 bits per heavy atom. The summed E-state index contributed by atoms with van der Waals surface area (Å²) in [6, 6.07) is 0. The molecule has 0 amide bonds. The molecule has 0 radical (unpaired) electrons. The van der Waals surface area contributed by atoms with E-state index in [9.17, 15) is 0 Å². The molecule has 2 rings (SSSR count).